The highest BCUT2D eigenvalue weighted by Crippen LogP contribution is 2.07. The van der Waals surface area contributed by atoms with Crippen molar-refractivity contribution in [2.45, 2.75) is 13.0 Å². The molecule has 0 rings (SSSR count). The van der Waals surface area contributed by atoms with Crippen LogP contribution < -0.4 is 11.1 Å². The summed E-state index contributed by atoms with van der Waals surface area (Å²) >= 11 is 5.75. The molecule has 0 aliphatic heterocycles. The molecule has 1 unspecified atom stereocenters. The van der Waals surface area contributed by atoms with Crippen LogP contribution in [0.1, 0.15) is 6.92 Å². The van der Waals surface area contributed by atoms with E-state index in [1.165, 1.54) is 18.7 Å². The standard InChI is InChI=1S/C8H13ClN4O/c1-2-13-14-4-3-8(12-6-11)7(9)5-10/h2-6,8H,10H2,1H3,(H2,11,12)/b4-3+,7-5-,13-2+. The minimum absolute atomic E-state index is 0.369. The van der Waals surface area contributed by atoms with Crippen LogP contribution in [-0.2, 0) is 4.84 Å². The number of rotatable bonds is 6. The molecular weight excluding hydrogens is 204 g/mol. The third kappa shape index (κ3) is 5.21. The maximum atomic E-state index is 6.85. The lowest BCUT2D eigenvalue weighted by atomic mass is 10.3. The van der Waals surface area contributed by atoms with Gasteiger partial charge in [0.25, 0.3) is 0 Å². The van der Waals surface area contributed by atoms with Crippen LogP contribution in [0, 0.1) is 5.41 Å². The van der Waals surface area contributed by atoms with Gasteiger partial charge in [0.05, 0.1) is 17.4 Å². The van der Waals surface area contributed by atoms with Crippen LogP contribution in [0.15, 0.2) is 28.7 Å². The molecule has 1 atom stereocenters. The second-order valence-corrected chi connectivity index (χ2v) is 2.57. The van der Waals surface area contributed by atoms with Gasteiger partial charge in [0.15, 0.2) is 0 Å². The largest absolute Gasteiger partial charge is 0.404 e. The molecule has 0 saturated heterocycles. The third-order valence-electron chi connectivity index (χ3n) is 1.22. The van der Waals surface area contributed by atoms with Crippen LogP contribution in [0.2, 0.25) is 0 Å². The van der Waals surface area contributed by atoms with E-state index in [0.717, 1.165) is 6.34 Å². The number of nitrogens with zero attached hydrogens (tertiary/aromatic N) is 1. The maximum Gasteiger partial charge on any atom is 0.120 e. The van der Waals surface area contributed by atoms with Crippen LogP contribution in [0.4, 0.5) is 0 Å². The van der Waals surface area contributed by atoms with Crippen molar-refractivity contribution >= 4 is 24.2 Å². The van der Waals surface area contributed by atoms with E-state index in [-0.39, 0.29) is 6.04 Å². The average Bonchev–Trinajstić information content (AvgIpc) is 2.21. The fraction of sp³-hybridized carbons (Fsp3) is 0.250. The summed E-state index contributed by atoms with van der Waals surface area (Å²) in [5.74, 6) is 0. The molecule has 0 aliphatic carbocycles. The van der Waals surface area contributed by atoms with Crippen LogP contribution in [0.25, 0.3) is 0 Å². The summed E-state index contributed by atoms with van der Waals surface area (Å²) in [5, 5.41) is 13.4. The van der Waals surface area contributed by atoms with Crippen LogP contribution >= 0.6 is 11.6 Å². The molecule has 0 fully saturated rings. The SMILES string of the molecule is C/C=N/O/C=C/C(NC=N)/C(Cl)=C/N. The molecule has 0 aromatic carbocycles. The molecular formula is C8H13ClN4O. The second-order valence-electron chi connectivity index (χ2n) is 2.14. The molecule has 0 radical (unpaired) electrons. The lowest BCUT2D eigenvalue weighted by Crippen LogP contribution is -2.26. The van der Waals surface area contributed by atoms with Gasteiger partial charge < -0.3 is 15.9 Å². The molecule has 4 N–H and O–H groups in total. The number of hydrogen-bond acceptors (Lipinski definition) is 4. The van der Waals surface area contributed by atoms with Crippen molar-refractivity contribution in [3.05, 3.63) is 23.6 Å². The van der Waals surface area contributed by atoms with Crippen molar-refractivity contribution < 1.29 is 4.84 Å². The number of nitrogens with one attached hydrogen (secondary N) is 2. The zero-order valence-electron chi connectivity index (χ0n) is 7.77. The minimum Gasteiger partial charge on any atom is -0.404 e. The molecule has 0 saturated carbocycles. The van der Waals surface area contributed by atoms with Crippen molar-refractivity contribution in [2.75, 3.05) is 0 Å². The first kappa shape index (κ1) is 12.5. The Morgan fingerprint density at radius 2 is 2.43 bits per heavy atom. The molecule has 0 aromatic rings. The van der Waals surface area contributed by atoms with Gasteiger partial charge in [-0.1, -0.05) is 16.8 Å². The monoisotopic (exact) mass is 216 g/mol. The van der Waals surface area contributed by atoms with Gasteiger partial charge in [0, 0.05) is 12.4 Å². The maximum absolute atomic E-state index is 6.85. The van der Waals surface area contributed by atoms with Gasteiger partial charge >= 0.3 is 0 Å². The molecule has 0 spiro atoms. The number of halogens is 1. The van der Waals surface area contributed by atoms with Crippen molar-refractivity contribution in [2.24, 2.45) is 10.9 Å². The Labute approximate surface area is 87.8 Å². The molecule has 14 heavy (non-hydrogen) atoms. The fourth-order valence-electron chi connectivity index (χ4n) is 0.630. The van der Waals surface area contributed by atoms with Gasteiger partial charge in [-0.15, -0.1) is 0 Å². The Morgan fingerprint density at radius 1 is 1.71 bits per heavy atom. The van der Waals surface area contributed by atoms with E-state index in [0.29, 0.717) is 5.03 Å². The number of oxime groups is 1. The molecule has 0 bridgehead atoms. The Bertz CT molecular complexity index is 250. The summed E-state index contributed by atoms with van der Waals surface area (Å²) < 4.78 is 0. The number of nitrogens with two attached hydrogens (primary N) is 1. The van der Waals surface area contributed by atoms with E-state index in [9.17, 15) is 0 Å². The molecule has 78 valence electrons. The predicted molar refractivity (Wildman–Crippen MR) is 58.2 cm³/mol. The first-order chi connectivity index (χ1) is 6.76. The predicted octanol–water partition coefficient (Wildman–Crippen LogP) is 1.13. The molecule has 0 aromatic heterocycles. The molecule has 0 amide bonds. The van der Waals surface area contributed by atoms with Crippen molar-refractivity contribution in [1.29, 1.82) is 5.41 Å². The molecule has 0 aliphatic rings. The minimum atomic E-state index is -0.369. The molecule has 6 heteroatoms. The van der Waals surface area contributed by atoms with E-state index in [2.05, 4.69) is 10.5 Å². The lowest BCUT2D eigenvalue weighted by Gasteiger charge is -2.09. The highest BCUT2D eigenvalue weighted by Gasteiger charge is 2.05. The lowest BCUT2D eigenvalue weighted by molar-refractivity contribution is 0.268. The van der Waals surface area contributed by atoms with Crippen molar-refractivity contribution in [3.63, 3.8) is 0 Å². The van der Waals surface area contributed by atoms with E-state index >= 15 is 0 Å². The van der Waals surface area contributed by atoms with Crippen LogP contribution in [-0.4, -0.2) is 18.6 Å². The average molecular weight is 217 g/mol. The van der Waals surface area contributed by atoms with E-state index in [1.54, 1.807) is 13.0 Å². The van der Waals surface area contributed by atoms with Gasteiger partial charge in [-0.05, 0) is 13.0 Å². The third-order valence-corrected chi connectivity index (χ3v) is 1.58. The summed E-state index contributed by atoms with van der Waals surface area (Å²) in [7, 11) is 0. The van der Waals surface area contributed by atoms with Gasteiger partial charge in [-0.25, -0.2) is 0 Å². The zero-order chi connectivity index (χ0) is 10.8. The van der Waals surface area contributed by atoms with Crippen LogP contribution in [0.3, 0.4) is 0 Å². The Hall–Kier alpha value is -1.49. The van der Waals surface area contributed by atoms with E-state index in [4.69, 9.17) is 27.6 Å². The Balaban J connectivity index is 4.21. The van der Waals surface area contributed by atoms with E-state index in [1.807, 2.05) is 0 Å². The number of hydrogen-bond donors (Lipinski definition) is 3. The fourth-order valence-corrected chi connectivity index (χ4v) is 0.766. The topological polar surface area (TPSA) is 83.5 Å². The summed E-state index contributed by atoms with van der Waals surface area (Å²) in [6.07, 6.45) is 6.71. The van der Waals surface area contributed by atoms with Gasteiger partial charge in [-0.3, -0.25) is 5.41 Å². The van der Waals surface area contributed by atoms with Crippen LogP contribution in [0.5, 0.6) is 0 Å². The molecule has 5 nitrogen and oxygen atoms in total. The second kappa shape index (κ2) is 8.12. The summed E-state index contributed by atoms with van der Waals surface area (Å²) in [6, 6.07) is -0.369. The highest BCUT2D eigenvalue weighted by atomic mass is 35.5. The highest BCUT2D eigenvalue weighted by molar-refractivity contribution is 6.30. The normalized spacial score (nSPS) is 14.6. The quantitative estimate of drug-likeness (QED) is 0.269. The molecule has 0 heterocycles. The Morgan fingerprint density at radius 3 is 2.93 bits per heavy atom. The summed E-state index contributed by atoms with van der Waals surface area (Å²) in [6.45, 7) is 1.73. The van der Waals surface area contributed by atoms with Crippen molar-refractivity contribution in [1.82, 2.24) is 5.32 Å². The zero-order valence-corrected chi connectivity index (χ0v) is 8.53. The van der Waals surface area contributed by atoms with Gasteiger partial charge in [0.2, 0.25) is 0 Å². The first-order valence-electron chi connectivity index (χ1n) is 3.89. The van der Waals surface area contributed by atoms with Gasteiger partial charge in [0.1, 0.15) is 6.26 Å². The summed E-state index contributed by atoms with van der Waals surface area (Å²) in [5.41, 5.74) is 5.22. The smallest absolute Gasteiger partial charge is 0.120 e. The Kier molecular flexibility index (Phi) is 7.26. The summed E-state index contributed by atoms with van der Waals surface area (Å²) in [4.78, 5) is 4.70. The van der Waals surface area contributed by atoms with Gasteiger partial charge in [-0.2, -0.15) is 0 Å². The van der Waals surface area contributed by atoms with E-state index < -0.39 is 0 Å². The first-order valence-corrected chi connectivity index (χ1v) is 4.26. The van der Waals surface area contributed by atoms with Crippen molar-refractivity contribution in [3.8, 4) is 0 Å².